The third kappa shape index (κ3) is 5.51. The van der Waals surface area contributed by atoms with Crippen molar-refractivity contribution >= 4 is 11.8 Å². The molecule has 2 aromatic carbocycles. The molecule has 33 heavy (non-hydrogen) atoms. The van der Waals surface area contributed by atoms with Gasteiger partial charge in [-0.1, -0.05) is 54.6 Å². The van der Waals surface area contributed by atoms with Gasteiger partial charge in [0, 0.05) is 11.9 Å². The molecule has 5 rings (SSSR count). The van der Waals surface area contributed by atoms with Gasteiger partial charge in [-0.2, -0.15) is 5.10 Å². The molecular weight excluding hydrogens is 435 g/mol. The normalized spacial score (nSPS) is 14.6. The lowest BCUT2D eigenvalue weighted by molar-refractivity contribution is 0.213. The quantitative estimate of drug-likeness (QED) is 0.348. The highest BCUT2D eigenvalue weighted by atomic mass is 32.2. The van der Waals surface area contributed by atoms with Gasteiger partial charge < -0.3 is 4.57 Å². The van der Waals surface area contributed by atoms with E-state index in [9.17, 15) is 4.39 Å². The van der Waals surface area contributed by atoms with E-state index in [0.29, 0.717) is 11.4 Å². The molecule has 0 atom stereocenters. The number of likely N-dealkylation sites (tertiary alicyclic amines) is 1. The molecule has 0 saturated carbocycles. The Balaban J connectivity index is 1.33. The van der Waals surface area contributed by atoms with Crippen LogP contribution in [0.2, 0.25) is 0 Å². The average Bonchev–Trinajstić information content (AvgIpc) is 3.47. The Hall–Kier alpha value is -2.97. The first-order valence-electron chi connectivity index (χ1n) is 11.4. The Bertz CT molecular complexity index is 1180. The van der Waals surface area contributed by atoms with Gasteiger partial charge in [0.05, 0.1) is 24.5 Å². The second-order valence-corrected chi connectivity index (χ2v) is 9.27. The highest BCUT2D eigenvalue weighted by Gasteiger charge is 2.18. The van der Waals surface area contributed by atoms with Crippen LogP contribution in [0.5, 0.6) is 0 Å². The number of piperidine rings is 1. The summed E-state index contributed by atoms with van der Waals surface area (Å²) in [5.74, 6) is 1.40. The number of hydrogen-bond acceptors (Lipinski definition) is 5. The van der Waals surface area contributed by atoms with Gasteiger partial charge in [-0.05, 0) is 55.8 Å². The van der Waals surface area contributed by atoms with E-state index in [1.165, 1.54) is 37.0 Å². The Morgan fingerprint density at radius 3 is 2.55 bits per heavy atom. The van der Waals surface area contributed by atoms with Gasteiger partial charge in [-0.25, -0.2) is 9.07 Å². The van der Waals surface area contributed by atoms with Crippen LogP contribution in [0.1, 0.15) is 36.3 Å². The summed E-state index contributed by atoms with van der Waals surface area (Å²) >= 11 is 1.63. The molecule has 1 aliphatic heterocycles. The molecule has 1 aliphatic rings. The van der Waals surface area contributed by atoms with E-state index in [4.69, 9.17) is 0 Å². The summed E-state index contributed by atoms with van der Waals surface area (Å²) in [6, 6.07) is 18.9. The number of nitrogens with zero attached hydrogens (tertiary/aromatic N) is 6. The van der Waals surface area contributed by atoms with Gasteiger partial charge in [0.15, 0.2) is 5.16 Å². The van der Waals surface area contributed by atoms with E-state index in [-0.39, 0.29) is 5.82 Å². The Morgan fingerprint density at radius 2 is 1.73 bits per heavy atom. The molecule has 3 heterocycles. The number of benzene rings is 2. The predicted molar refractivity (Wildman–Crippen MR) is 128 cm³/mol. The number of halogens is 1. The van der Waals surface area contributed by atoms with Crippen molar-refractivity contribution in [1.29, 1.82) is 0 Å². The summed E-state index contributed by atoms with van der Waals surface area (Å²) in [6.45, 7) is 3.82. The molecule has 6 nitrogen and oxygen atoms in total. The van der Waals surface area contributed by atoms with Crippen LogP contribution in [-0.4, -0.2) is 42.5 Å². The zero-order chi connectivity index (χ0) is 22.5. The molecule has 1 fully saturated rings. The standard InChI is InChI=1S/C25H27FN6S/c26-21-10-7-11-23(16-21)32-15-12-22(29-32)19-33-25-28-27-24(18-30-13-5-2-6-14-30)31(25)17-20-8-3-1-4-9-20/h1,3-4,7-12,15-16H,2,5-6,13-14,17-19H2. The van der Waals surface area contributed by atoms with Gasteiger partial charge in [0.25, 0.3) is 0 Å². The van der Waals surface area contributed by atoms with Crippen molar-refractivity contribution in [3.8, 4) is 5.69 Å². The molecule has 0 spiro atoms. The topological polar surface area (TPSA) is 51.8 Å². The summed E-state index contributed by atoms with van der Waals surface area (Å²) in [5.41, 5.74) is 2.85. The highest BCUT2D eigenvalue weighted by Crippen LogP contribution is 2.24. The van der Waals surface area contributed by atoms with Crippen LogP contribution in [0, 0.1) is 5.82 Å². The maximum atomic E-state index is 13.6. The maximum absolute atomic E-state index is 13.6. The van der Waals surface area contributed by atoms with Crippen molar-refractivity contribution < 1.29 is 4.39 Å². The van der Waals surface area contributed by atoms with Crippen LogP contribution in [0.3, 0.4) is 0 Å². The van der Waals surface area contributed by atoms with Crippen LogP contribution < -0.4 is 0 Å². The first-order valence-corrected chi connectivity index (χ1v) is 12.3. The van der Waals surface area contributed by atoms with E-state index in [2.05, 4.69) is 49.0 Å². The molecule has 0 N–H and O–H groups in total. The molecule has 0 amide bonds. The van der Waals surface area contributed by atoms with E-state index < -0.39 is 0 Å². The molecule has 0 bridgehead atoms. The zero-order valence-electron chi connectivity index (χ0n) is 18.5. The van der Waals surface area contributed by atoms with Gasteiger partial charge in [0.1, 0.15) is 11.6 Å². The molecular formula is C25H27FN6S. The number of thioether (sulfide) groups is 1. The lowest BCUT2D eigenvalue weighted by Crippen LogP contribution is -2.30. The zero-order valence-corrected chi connectivity index (χ0v) is 19.3. The van der Waals surface area contributed by atoms with E-state index in [1.54, 1.807) is 22.5 Å². The second-order valence-electron chi connectivity index (χ2n) is 8.33. The summed E-state index contributed by atoms with van der Waals surface area (Å²) in [6.07, 6.45) is 5.68. The molecule has 4 aromatic rings. The largest absolute Gasteiger partial charge is 0.300 e. The van der Waals surface area contributed by atoms with Crippen LogP contribution in [0.25, 0.3) is 5.69 Å². The van der Waals surface area contributed by atoms with Crippen LogP contribution >= 0.6 is 11.8 Å². The minimum atomic E-state index is -0.269. The molecule has 2 aromatic heterocycles. The summed E-state index contributed by atoms with van der Waals surface area (Å²) in [5, 5.41) is 14.6. The van der Waals surface area contributed by atoms with Crippen molar-refractivity contribution in [2.24, 2.45) is 0 Å². The summed E-state index contributed by atoms with van der Waals surface area (Å²) in [7, 11) is 0. The molecule has 0 unspecified atom stereocenters. The number of hydrogen-bond donors (Lipinski definition) is 0. The SMILES string of the molecule is Fc1cccc(-n2ccc(CSc3nnc(CN4CCCCC4)n3Cc3ccccc3)n2)c1. The van der Waals surface area contributed by atoms with Gasteiger partial charge in [-0.3, -0.25) is 4.90 Å². The monoisotopic (exact) mass is 462 g/mol. The third-order valence-corrected chi connectivity index (χ3v) is 6.86. The fourth-order valence-corrected chi connectivity index (χ4v) is 4.98. The smallest absolute Gasteiger partial charge is 0.191 e. The molecule has 8 heteroatoms. The van der Waals surface area contributed by atoms with E-state index in [0.717, 1.165) is 42.9 Å². The van der Waals surface area contributed by atoms with E-state index >= 15 is 0 Å². The fraction of sp³-hybridized carbons (Fsp3) is 0.320. The van der Waals surface area contributed by atoms with Crippen molar-refractivity contribution in [2.45, 2.75) is 43.3 Å². The Labute approximate surface area is 197 Å². The maximum Gasteiger partial charge on any atom is 0.191 e. The minimum absolute atomic E-state index is 0.269. The summed E-state index contributed by atoms with van der Waals surface area (Å²) < 4.78 is 17.5. The average molecular weight is 463 g/mol. The van der Waals surface area contributed by atoms with Gasteiger partial charge in [0.2, 0.25) is 0 Å². The van der Waals surface area contributed by atoms with Crippen LogP contribution in [0.4, 0.5) is 4.39 Å². The van der Waals surface area contributed by atoms with Gasteiger partial charge >= 0.3 is 0 Å². The molecule has 170 valence electrons. The second kappa shape index (κ2) is 10.3. The van der Waals surface area contributed by atoms with Crippen molar-refractivity contribution in [3.63, 3.8) is 0 Å². The van der Waals surface area contributed by atoms with Crippen LogP contribution in [0.15, 0.2) is 72.0 Å². The van der Waals surface area contributed by atoms with E-state index in [1.807, 2.05) is 24.4 Å². The first kappa shape index (κ1) is 21.9. The van der Waals surface area contributed by atoms with Crippen molar-refractivity contribution in [1.82, 2.24) is 29.4 Å². The van der Waals surface area contributed by atoms with Crippen LogP contribution in [-0.2, 0) is 18.8 Å². The highest BCUT2D eigenvalue weighted by molar-refractivity contribution is 7.98. The van der Waals surface area contributed by atoms with Crippen molar-refractivity contribution in [2.75, 3.05) is 13.1 Å². The van der Waals surface area contributed by atoms with Crippen molar-refractivity contribution in [3.05, 3.63) is 89.8 Å². The first-order chi connectivity index (χ1) is 16.2. The minimum Gasteiger partial charge on any atom is -0.300 e. The fourth-order valence-electron chi connectivity index (χ4n) is 4.12. The molecule has 1 saturated heterocycles. The number of rotatable bonds is 8. The molecule has 0 aliphatic carbocycles. The predicted octanol–water partition coefficient (Wildman–Crippen LogP) is 4.93. The lowest BCUT2D eigenvalue weighted by Gasteiger charge is -2.26. The number of aromatic nitrogens is 5. The Morgan fingerprint density at radius 1 is 0.879 bits per heavy atom. The lowest BCUT2D eigenvalue weighted by atomic mass is 10.1. The third-order valence-electron chi connectivity index (χ3n) is 5.86. The molecule has 0 radical (unpaired) electrons. The van der Waals surface area contributed by atoms with Gasteiger partial charge in [-0.15, -0.1) is 10.2 Å². The summed E-state index contributed by atoms with van der Waals surface area (Å²) in [4.78, 5) is 2.48. The Kier molecular flexibility index (Phi) is 6.83.